The highest BCUT2D eigenvalue weighted by molar-refractivity contribution is 6.14. The third-order valence-electron chi connectivity index (χ3n) is 13.9. The van der Waals surface area contributed by atoms with Crippen LogP contribution in [0.5, 0.6) is 0 Å². The van der Waals surface area contributed by atoms with Gasteiger partial charge in [-0.15, -0.1) is 0 Å². The predicted octanol–water partition coefficient (Wildman–Crippen LogP) is 16.2. The second-order valence-electron chi connectivity index (χ2n) is 18.2. The van der Waals surface area contributed by atoms with E-state index >= 15 is 0 Å². The summed E-state index contributed by atoms with van der Waals surface area (Å²) >= 11 is 0. The molecule has 2 heteroatoms. The van der Waals surface area contributed by atoms with E-state index < -0.39 is 0 Å². The van der Waals surface area contributed by atoms with Crippen molar-refractivity contribution >= 4 is 38.9 Å². The molecule has 2 aliphatic rings. The van der Waals surface area contributed by atoms with Crippen LogP contribution in [0.1, 0.15) is 49.9 Å². The molecule has 0 spiro atoms. The zero-order chi connectivity index (χ0) is 41.7. The van der Waals surface area contributed by atoms with Gasteiger partial charge in [0.25, 0.3) is 0 Å². The highest BCUT2D eigenvalue weighted by Gasteiger charge is 2.47. The average Bonchev–Trinajstić information content (AvgIpc) is 3.66. The molecule has 0 saturated carbocycles. The molecule has 0 saturated heterocycles. The number of hydrogen-bond acceptors (Lipinski definition) is 1. The van der Waals surface area contributed by atoms with Gasteiger partial charge in [-0.05, 0) is 110 Å². The van der Waals surface area contributed by atoms with E-state index in [1.165, 1.54) is 111 Å². The van der Waals surface area contributed by atoms with Gasteiger partial charge in [-0.1, -0.05) is 185 Å². The minimum Gasteiger partial charge on any atom is -0.309 e. The maximum absolute atomic E-state index is 2.61. The molecule has 0 atom stereocenters. The van der Waals surface area contributed by atoms with Crippen molar-refractivity contribution in [3.05, 3.63) is 229 Å². The van der Waals surface area contributed by atoms with Gasteiger partial charge in [-0.25, -0.2) is 0 Å². The summed E-state index contributed by atoms with van der Waals surface area (Å²) in [5.74, 6) is 0. The molecule has 0 N–H and O–H groups in total. The third kappa shape index (κ3) is 5.36. The number of aromatic nitrogens is 1. The molecule has 9 aromatic carbocycles. The first-order valence-corrected chi connectivity index (χ1v) is 21.8. The van der Waals surface area contributed by atoms with Gasteiger partial charge in [0.1, 0.15) is 0 Å². The molecular formula is C60H46N2. The average molecular weight is 795 g/mol. The van der Waals surface area contributed by atoms with Crippen molar-refractivity contribution in [2.24, 2.45) is 0 Å². The summed E-state index contributed by atoms with van der Waals surface area (Å²) in [7, 11) is 0. The first-order chi connectivity index (χ1) is 30.3. The number of para-hydroxylation sites is 2. The van der Waals surface area contributed by atoms with Crippen molar-refractivity contribution in [1.82, 2.24) is 4.57 Å². The Bertz CT molecular complexity index is 3340. The largest absolute Gasteiger partial charge is 0.309 e. The number of hydrogen-bond donors (Lipinski definition) is 0. The van der Waals surface area contributed by atoms with Gasteiger partial charge in [0.15, 0.2) is 0 Å². The van der Waals surface area contributed by atoms with Crippen LogP contribution < -0.4 is 4.90 Å². The molecule has 0 unspecified atom stereocenters. The van der Waals surface area contributed by atoms with Crippen LogP contribution in [-0.2, 0) is 10.8 Å². The fraction of sp³-hybridized carbons (Fsp3) is 0.100. The Hall–Kier alpha value is -7.42. The van der Waals surface area contributed by atoms with Gasteiger partial charge in [-0.2, -0.15) is 0 Å². The summed E-state index contributed by atoms with van der Waals surface area (Å²) in [6.45, 7) is 9.79. The zero-order valence-corrected chi connectivity index (χ0v) is 35.5. The van der Waals surface area contributed by atoms with Gasteiger partial charge in [0, 0.05) is 32.9 Å². The van der Waals surface area contributed by atoms with E-state index in [1.807, 2.05) is 0 Å². The molecule has 296 valence electrons. The molecule has 0 radical (unpaired) electrons. The van der Waals surface area contributed by atoms with Crippen LogP contribution in [0.2, 0.25) is 0 Å². The maximum atomic E-state index is 2.61. The molecule has 2 aliphatic heterocycles. The fourth-order valence-corrected chi connectivity index (χ4v) is 10.7. The Kier molecular flexibility index (Phi) is 7.96. The summed E-state index contributed by atoms with van der Waals surface area (Å²) in [5.41, 5.74) is 22.0. The van der Waals surface area contributed by atoms with Crippen molar-refractivity contribution < 1.29 is 0 Å². The molecule has 0 bridgehead atoms. The minimum atomic E-state index is -0.357. The molecule has 2 nitrogen and oxygen atoms in total. The van der Waals surface area contributed by atoms with Crippen molar-refractivity contribution in [2.75, 3.05) is 4.90 Å². The van der Waals surface area contributed by atoms with Crippen molar-refractivity contribution in [3.8, 4) is 50.2 Å². The van der Waals surface area contributed by atoms with Crippen LogP contribution in [-0.4, -0.2) is 4.57 Å². The Morgan fingerprint density at radius 2 is 0.758 bits per heavy atom. The van der Waals surface area contributed by atoms with Gasteiger partial charge in [0.05, 0.1) is 28.1 Å². The fourth-order valence-electron chi connectivity index (χ4n) is 10.7. The Morgan fingerprint density at radius 1 is 0.339 bits per heavy atom. The summed E-state index contributed by atoms with van der Waals surface area (Å²) in [5, 5.41) is 2.58. The van der Waals surface area contributed by atoms with Crippen molar-refractivity contribution in [1.29, 1.82) is 0 Å². The predicted molar refractivity (Wildman–Crippen MR) is 261 cm³/mol. The number of benzene rings is 9. The lowest BCUT2D eigenvalue weighted by Crippen LogP contribution is -2.38. The van der Waals surface area contributed by atoms with E-state index in [1.54, 1.807) is 0 Å². The van der Waals surface area contributed by atoms with Crippen molar-refractivity contribution in [3.63, 3.8) is 0 Å². The second-order valence-corrected chi connectivity index (χ2v) is 18.2. The maximum Gasteiger partial charge on any atom is 0.0603 e. The van der Waals surface area contributed by atoms with E-state index in [0.717, 1.165) is 0 Å². The molecule has 1 aromatic heterocycles. The molecular weight excluding hydrogens is 749 g/mol. The topological polar surface area (TPSA) is 8.17 Å². The Balaban J connectivity index is 1.11. The quantitative estimate of drug-likeness (QED) is 0.168. The smallest absolute Gasteiger partial charge is 0.0603 e. The van der Waals surface area contributed by atoms with Crippen LogP contribution in [0, 0.1) is 0 Å². The van der Waals surface area contributed by atoms with Gasteiger partial charge < -0.3 is 9.47 Å². The van der Waals surface area contributed by atoms with E-state index in [-0.39, 0.29) is 10.8 Å². The summed E-state index contributed by atoms with van der Waals surface area (Å²) in [6.07, 6.45) is 0. The van der Waals surface area contributed by atoms with Crippen LogP contribution in [0.15, 0.2) is 206 Å². The lowest BCUT2D eigenvalue weighted by atomic mass is 9.65. The molecule has 0 fully saturated rings. The van der Waals surface area contributed by atoms with Gasteiger partial charge >= 0.3 is 0 Å². The van der Waals surface area contributed by atoms with Crippen molar-refractivity contribution in [2.45, 2.75) is 38.5 Å². The first-order valence-electron chi connectivity index (χ1n) is 21.8. The lowest BCUT2D eigenvalue weighted by Gasteiger charge is -2.50. The molecule has 62 heavy (non-hydrogen) atoms. The van der Waals surface area contributed by atoms with Gasteiger partial charge in [-0.3, -0.25) is 0 Å². The summed E-state index contributed by atoms with van der Waals surface area (Å²) in [4.78, 5) is 2.61. The van der Waals surface area contributed by atoms with E-state index in [9.17, 15) is 0 Å². The number of fused-ring (bicyclic) bond motifs is 8. The monoisotopic (exact) mass is 794 g/mol. The molecule has 12 rings (SSSR count). The standard InChI is InChI=1S/C60H46N2/c1-59(2)50-36-45(43-28-24-41(25-29-43)39-16-8-5-9-17-39)32-34-54(50)62-55-35-33-46(44-30-26-42(27-31-44)40-18-10-6-11-19-40)37-51(55)60(3,4)56-57-49(38-52(59)58(56)62)48-22-14-15-23-53(48)61(57)47-20-12-7-13-21-47/h5-38H,1-4H3. The first kappa shape index (κ1) is 36.4. The molecule has 10 aromatic rings. The number of rotatable bonds is 5. The molecule has 3 heterocycles. The van der Waals surface area contributed by atoms with E-state index in [0.29, 0.717) is 0 Å². The van der Waals surface area contributed by atoms with Gasteiger partial charge in [0.2, 0.25) is 0 Å². The van der Waals surface area contributed by atoms with E-state index in [2.05, 4.69) is 243 Å². The molecule has 0 aliphatic carbocycles. The van der Waals surface area contributed by atoms with Crippen LogP contribution in [0.3, 0.4) is 0 Å². The highest BCUT2D eigenvalue weighted by Crippen LogP contribution is 2.63. The number of nitrogens with zero attached hydrogens (tertiary/aromatic N) is 2. The third-order valence-corrected chi connectivity index (χ3v) is 13.9. The van der Waals surface area contributed by atoms with Crippen LogP contribution in [0.4, 0.5) is 17.1 Å². The minimum absolute atomic E-state index is 0.298. The van der Waals surface area contributed by atoms with Crippen LogP contribution in [0.25, 0.3) is 72.0 Å². The Morgan fingerprint density at radius 3 is 1.29 bits per heavy atom. The second kappa shape index (κ2) is 13.5. The summed E-state index contributed by atoms with van der Waals surface area (Å²) < 4.78 is 2.53. The van der Waals surface area contributed by atoms with E-state index in [4.69, 9.17) is 0 Å². The molecule has 0 amide bonds. The zero-order valence-electron chi connectivity index (χ0n) is 35.5. The highest BCUT2D eigenvalue weighted by atomic mass is 15.2. The van der Waals surface area contributed by atoms with Crippen LogP contribution >= 0.6 is 0 Å². The lowest BCUT2D eigenvalue weighted by molar-refractivity contribution is 0.601. The SMILES string of the molecule is CC1(C)c2cc(-c3ccc(-c4ccccc4)cc3)ccc2N2c3ccc(-c4ccc(-c5ccccc5)cc4)cc3C(C)(C)c3c2c1cc1c2ccccc2n(-c2ccccc2)c31. The number of anilines is 3. The Labute approximate surface area is 364 Å². The normalized spacial score (nSPS) is 14.4. The summed E-state index contributed by atoms with van der Waals surface area (Å²) in [6, 6.07) is 76.3.